The van der Waals surface area contributed by atoms with Gasteiger partial charge in [-0.15, -0.1) is 0 Å². The van der Waals surface area contributed by atoms with Gasteiger partial charge in [-0.1, -0.05) is 24.3 Å². The van der Waals surface area contributed by atoms with Crippen LogP contribution < -0.4 is 5.46 Å². The maximum absolute atomic E-state index is 11.0. The average molecular weight is 305 g/mol. The van der Waals surface area contributed by atoms with Crippen LogP contribution >= 0.6 is 0 Å². The lowest BCUT2D eigenvalue weighted by molar-refractivity contribution is 0.00578. The first-order chi connectivity index (χ1) is 10.0. The molecule has 0 bridgehead atoms. The highest BCUT2D eigenvalue weighted by atomic mass is 16.7. The average Bonchev–Trinajstić information content (AvgIpc) is 2.66. The van der Waals surface area contributed by atoms with Crippen LogP contribution in [0.25, 0.3) is 0 Å². The number of benzene rings is 1. The van der Waals surface area contributed by atoms with Gasteiger partial charge in [-0.05, 0) is 45.6 Å². The molecule has 5 nitrogen and oxygen atoms in total. The molecule has 1 aromatic carbocycles. The number of carboxylic acid groups (broad SMARTS) is 1. The molecule has 1 N–H and O–H groups in total. The van der Waals surface area contributed by atoms with E-state index < -0.39 is 13.2 Å². The zero-order chi connectivity index (χ0) is 16.7. The first-order valence-electron chi connectivity index (χ1n) is 7.46. The molecule has 1 aliphatic heterocycles. The molecule has 1 heterocycles. The third kappa shape index (κ3) is 2.98. The van der Waals surface area contributed by atoms with Crippen LogP contribution in [0.4, 0.5) is 4.79 Å². The van der Waals surface area contributed by atoms with E-state index in [2.05, 4.69) is 0 Å². The second kappa shape index (κ2) is 5.59. The molecule has 1 aromatic rings. The molecule has 0 radical (unpaired) electrons. The minimum Gasteiger partial charge on any atom is -0.465 e. The van der Waals surface area contributed by atoms with E-state index in [0.717, 1.165) is 11.0 Å². The molecule has 1 fully saturated rings. The van der Waals surface area contributed by atoms with Crippen molar-refractivity contribution < 1.29 is 19.2 Å². The van der Waals surface area contributed by atoms with Crippen LogP contribution in [0.3, 0.4) is 0 Å². The van der Waals surface area contributed by atoms with Crippen LogP contribution in [0.5, 0.6) is 0 Å². The van der Waals surface area contributed by atoms with E-state index in [1.807, 2.05) is 58.9 Å². The van der Waals surface area contributed by atoms with Crippen molar-refractivity contribution in [3.8, 4) is 0 Å². The summed E-state index contributed by atoms with van der Waals surface area (Å²) in [6.45, 7) is 9.94. The molecule has 0 saturated carbocycles. The van der Waals surface area contributed by atoms with Crippen LogP contribution in [0.15, 0.2) is 24.3 Å². The quantitative estimate of drug-likeness (QED) is 0.872. The summed E-state index contributed by atoms with van der Waals surface area (Å²) >= 11 is 0. The van der Waals surface area contributed by atoms with Gasteiger partial charge in [-0.25, -0.2) is 4.79 Å². The molecule has 120 valence electrons. The summed E-state index contributed by atoms with van der Waals surface area (Å²) in [6, 6.07) is 7.51. The molecular weight excluding hydrogens is 281 g/mol. The summed E-state index contributed by atoms with van der Waals surface area (Å²) in [4.78, 5) is 12.3. The number of carbonyl (C=O) groups is 1. The molecule has 0 aromatic heterocycles. The summed E-state index contributed by atoms with van der Waals surface area (Å²) in [5, 5.41) is 9.04. The lowest BCUT2D eigenvalue weighted by Gasteiger charge is -2.32. The zero-order valence-electron chi connectivity index (χ0n) is 14.1. The largest absolute Gasteiger partial charge is 0.494 e. The predicted octanol–water partition coefficient (Wildman–Crippen LogP) is 2.66. The standard InChI is InChI=1S/C16H24BNO4/c1-11(18(6)14(19)20)12-7-9-13(10-8-12)17-21-15(2,3)16(4,5)22-17/h7-11H,1-6H3,(H,19,20). The Morgan fingerprint density at radius 3 is 2.00 bits per heavy atom. The van der Waals surface area contributed by atoms with E-state index in [0.29, 0.717) is 0 Å². The van der Waals surface area contributed by atoms with Gasteiger partial charge in [0.15, 0.2) is 0 Å². The third-order valence-electron chi connectivity index (χ3n) is 4.83. The minimum atomic E-state index is -0.942. The maximum atomic E-state index is 11.0. The summed E-state index contributed by atoms with van der Waals surface area (Å²) in [5.74, 6) is 0. The summed E-state index contributed by atoms with van der Waals surface area (Å²) < 4.78 is 12.0. The lowest BCUT2D eigenvalue weighted by atomic mass is 9.78. The van der Waals surface area contributed by atoms with Crippen molar-refractivity contribution >= 4 is 18.7 Å². The van der Waals surface area contributed by atoms with Crippen LogP contribution in [-0.4, -0.2) is 41.5 Å². The van der Waals surface area contributed by atoms with Crippen molar-refractivity contribution in [1.82, 2.24) is 4.90 Å². The Morgan fingerprint density at radius 2 is 1.59 bits per heavy atom. The molecule has 1 unspecified atom stereocenters. The molecule has 1 atom stereocenters. The first-order valence-corrected chi connectivity index (χ1v) is 7.46. The molecule has 22 heavy (non-hydrogen) atoms. The Hall–Kier alpha value is -1.53. The molecule has 0 aliphatic carbocycles. The van der Waals surface area contributed by atoms with Crippen molar-refractivity contribution in [2.24, 2.45) is 0 Å². The van der Waals surface area contributed by atoms with Gasteiger partial charge in [0, 0.05) is 7.05 Å². The molecule has 6 heteroatoms. The SMILES string of the molecule is CC(c1ccc(B2OC(C)(C)C(C)(C)O2)cc1)N(C)C(=O)O. The summed E-state index contributed by atoms with van der Waals surface area (Å²) in [6.07, 6.45) is -0.942. The highest BCUT2D eigenvalue weighted by Crippen LogP contribution is 2.36. The Labute approximate surface area is 132 Å². The number of rotatable bonds is 3. The monoisotopic (exact) mass is 305 g/mol. The van der Waals surface area contributed by atoms with Gasteiger partial charge in [-0.3, -0.25) is 0 Å². The van der Waals surface area contributed by atoms with Crippen molar-refractivity contribution in [2.75, 3.05) is 7.05 Å². The van der Waals surface area contributed by atoms with Gasteiger partial charge in [0.2, 0.25) is 0 Å². The molecular formula is C16H24BNO4. The normalized spacial score (nSPS) is 20.7. The first kappa shape index (κ1) is 16.8. The molecule has 1 amide bonds. The van der Waals surface area contributed by atoms with Gasteiger partial charge in [0.1, 0.15) is 0 Å². The molecule has 1 aliphatic rings. The fourth-order valence-corrected chi connectivity index (χ4v) is 2.30. The van der Waals surface area contributed by atoms with Crippen molar-refractivity contribution in [3.63, 3.8) is 0 Å². The van der Waals surface area contributed by atoms with Crippen molar-refractivity contribution in [2.45, 2.75) is 51.9 Å². The topological polar surface area (TPSA) is 59.0 Å². The van der Waals surface area contributed by atoms with Gasteiger partial charge in [0.25, 0.3) is 0 Å². The van der Waals surface area contributed by atoms with Crippen molar-refractivity contribution in [1.29, 1.82) is 0 Å². The summed E-state index contributed by atoms with van der Waals surface area (Å²) in [5.41, 5.74) is 1.14. The number of nitrogens with zero attached hydrogens (tertiary/aromatic N) is 1. The Kier molecular flexibility index (Phi) is 4.28. The second-order valence-electron chi connectivity index (χ2n) is 6.82. The summed E-state index contributed by atoms with van der Waals surface area (Å²) in [7, 11) is 1.17. The van der Waals surface area contributed by atoms with E-state index in [1.165, 1.54) is 4.90 Å². The number of amides is 1. The van der Waals surface area contributed by atoms with Crippen LogP contribution in [0.1, 0.15) is 46.2 Å². The zero-order valence-corrected chi connectivity index (χ0v) is 14.1. The van der Waals surface area contributed by atoms with Crippen LogP contribution in [0, 0.1) is 0 Å². The predicted molar refractivity (Wildman–Crippen MR) is 86.4 cm³/mol. The number of hydrogen-bond donors (Lipinski definition) is 1. The van der Waals surface area contributed by atoms with Gasteiger partial charge >= 0.3 is 13.2 Å². The van der Waals surface area contributed by atoms with E-state index in [9.17, 15) is 4.79 Å². The highest BCUT2D eigenvalue weighted by molar-refractivity contribution is 6.62. The molecule has 1 saturated heterocycles. The van der Waals surface area contributed by atoms with E-state index in [-0.39, 0.29) is 17.2 Å². The smallest absolute Gasteiger partial charge is 0.465 e. The van der Waals surface area contributed by atoms with Crippen molar-refractivity contribution in [3.05, 3.63) is 29.8 Å². The van der Waals surface area contributed by atoms with E-state index in [1.54, 1.807) is 7.05 Å². The Morgan fingerprint density at radius 1 is 1.14 bits per heavy atom. The minimum absolute atomic E-state index is 0.204. The van der Waals surface area contributed by atoms with E-state index >= 15 is 0 Å². The second-order valence-corrected chi connectivity index (χ2v) is 6.82. The van der Waals surface area contributed by atoms with Gasteiger partial charge in [0.05, 0.1) is 17.2 Å². The Balaban J connectivity index is 2.15. The van der Waals surface area contributed by atoms with Gasteiger partial charge in [-0.2, -0.15) is 0 Å². The lowest BCUT2D eigenvalue weighted by Crippen LogP contribution is -2.41. The molecule has 2 rings (SSSR count). The third-order valence-corrected chi connectivity index (χ3v) is 4.83. The van der Waals surface area contributed by atoms with Crippen LogP contribution in [0.2, 0.25) is 0 Å². The highest BCUT2D eigenvalue weighted by Gasteiger charge is 2.51. The fourth-order valence-electron chi connectivity index (χ4n) is 2.30. The fraction of sp³-hybridized carbons (Fsp3) is 0.562. The Bertz CT molecular complexity index is 540. The molecule has 0 spiro atoms. The van der Waals surface area contributed by atoms with Gasteiger partial charge < -0.3 is 19.3 Å². The van der Waals surface area contributed by atoms with E-state index in [4.69, 9.17) is 14.4 Å². The van der Waals surface area contributed by atoms with Crippen LogP contribution in [-0.2, 0) is 9.31 Å². The maximum Gasteiger partial charge on any atom is 0.494 e. The number of hydrogen-bond acceptors (Lipinski definition) is 3.